The van der Waals surface area contributed by atoms with Crippen LogP contribution < -0.4 is 4.74 Å². The molecule has 0 aliphatic rings. The summed E-state index contributed by atoms with van der Waals surface area (Å²) in [6.07, 6.45) is 3.73. The lowest BCUT2D eigenvalue weighted by molar-refractivity contribution is 0.415. The Bertz CT molecular complexity index is 308. The number of ether oxygens (including phenoxy) is 1. The molecule has 0 heterocycles. The zero-order valence-corrected chi connectivity index (χ0v) is 8.77. The van der Waals surface area contributed by atoms with Crippen LogP contribution in [0.1, 0.15) is 5.56 Å². The Morgan fingerprint density at radius 2 is 2.23 bits per heavy atom. The Kier molecular flexibility index (Phi) is 4.13. The van der Waals surface area contributed by atoms with E-state index in [1.165, 1.54) is 0 Å². The van der Waals surface area contributed by atoms with Crippen LogP contribution in [0.25, 0.3) is 6.08 Å². The standard InChI is InChI=1S/C10H10Cl2O/c1-13-9-5-4-8(3-2-6-11)10(12)7-9/h2-5,7H,6H2,1H3. The second-order valence-electron chi connectivity index (χ2n) is 2.44. The summed E-state index contributed by atoms with van der Waals surface area (Å²) < 4.78 is 5.02. The van der Waals surface area contributed by atoms with Crippen molar-refractivity contribution in [3.05, 3.63) is 34.9 Å². The van der Waals surface area contributed by atoms with Crippen LogP contribution in [0.5, 0.6) is 5.75 Å². The molecular formula is C10H10Cl2O. The largest absolute Gasteiger partial charge is 0.497 e. The van der Waals surface area contributed by atoms with Gasteiger partial charge in [-0.3, -0.25) is 0 Å². The second kappa shape index (κ2) is 5.15. The lowest BCUT2D eigenvalue weighted by Crippen LogP contribution is -1.83. The summed E-state index contributed by atoms with van der Waals surface area (Å²) in [4.78, 5) is 0. The van der Waals surface area contributed by atoms with Crippen molar-refractivity contribution in [3.8, 4) is 5.75 Å². The second-order valence-corrected chi connectivity index (χ2v) is 3.16. The fourth-order valence-electron chi connectivity index (χ4n) is 0.942. The summed E-state index contributed by atoms with van der Waals surface area (Å²) in [6.45, 7) is 0. The van der Waals surface area contributed by atoms with E-state index in [0.29, 0.717) is 10.9 Å². The average molecular weight is 217 g/mol. The van der Waals surface area contributed by atoms with E-state index < -0.39 is 0 Å². The summed E-state index contributed by atoms with van der Waals surface area (Å²) in [5, 5.41) is 0.667. The summed E-state index contributed by atoms with van der Waals surface area (Å²) in [5.41, 5.74) is 0.947. The van der Waals surface area contributed by atoms with E-state index in [0.717, 1.165) is 11.3 Å². The lowest BCUT2D eigenvalue weighted by Gasteiger charge is -2.02. The van der Waals surface area contributed by atoms with Gasteiger partial charge in [-0.05, 0) is 23.8 Å². The average Bonchev–Trinajstić information content (AvgIpc) is 2.16. The number of hydrogen-bond acceptors (Lipinski definition) is 1. The first-order chi connectivity index (χ1) is 6.27. The van der Waals surface area contributed by atoms with Crippen molar-refractivity contribution >= 4 is 29.3 Å². The SMILES string of the molecule is COc1ccc(C=CCCl)c(Cl)c1. The Morgan fingerprint density at radius 1 is 1.46 bits per heavy atom. The molecular weight excluding hydrogens is 207 g/mol. The van der Waals surface area contributed by atoms with Gasteiger partial charge in [0.05, 0.1) is 12.1 Å². The van der Waals surface area contributed by atoms with Crippen LogP contribution in [0.15, 0.2) is 24.3 Å². The molecule has 0 aliphatic carbocycles. The molecule has 13 heavy (non-hydrogen) atoms. The maximum atomic E-state index is 5.97. The highest BCUT2D eigenvalue weighted by atomic mass is 35.5. The van der Waals surface area contributed by atoms with Crippen LogP contribution in [-0.2, 0) is 0 Å². The molecule has 0 saturated carbocycles. The van der Waals surface area contributed by atoms with Gasteiger partial charge in [-0.2, -0.15) is 0 Å². The fourth-order valence-corrected chi connectivity index (χ4v) is 1.26. The van der Waals surface area contributed by atoms with Crippen LogP contribution >= 0.6 is 23.2 Å². The quantitative estimate of drug-likeness (QED) is 0.703. The third-order valence-corrected chi connectivity index (χ3v) is 2.10. The number of rotatable bonds is 3. The van der Waals surface area contributed by atoms with Crippen LogP contribution in [0, 0.1) is 0 Å². The molecule has 0 bridgehead atoms. The summed E-state index contributed by atoms with van der Waals surface area (Å²) >= 11 is 11.5. The molecule has 0 aromatic heterocycles. The first kappa shape index (κ1) is 10.4. The summed E-state index contributed by atoms with van der Waals surface area (Å²) in [6, 6.07) is 5.53. The zero-order chi connectivity index (χ0) is 9.68. The monoisotopic (exact) mass is 216 g/mol. The molecule has 0 fully saturated rings. The van der Waals surface area contributed by atoms with Gasteiger partial charge < -0.3 is 4.74 Å². The normalized spacial score (nSPS) is 10.7. The van der Waals surface area contributed by atoms with Crippen molar-refractivity contribution < 1.29 is 4.74 Å². The minimum Gasteiger partial charge on any atom is -0.497 e. The molecule has 0 unspecified atom stereocenters. The maximum absolute atomic E-state index is 5.97. The Balaban J connectivity index is 2.91. The van der Waals surface area contributed by atoms with Crippen LogP contribution in [0.2, 0.25) is 5.02 Å². The van der Waals surface area contributed by atoms with Gasteiger partial charge in [0, 0.05) is 5.88 Å². The molecule has 0 N–H and O–H groups in total. The molecule has 0 atom stereocenters. The predicted molar refractivity (Wildman–Crippen MR) is 57.8 cm³/mol. The Labute approximate surface area is 87.9 Å². The third kappa shape index (κ3) is 2.94. The first-order valence-corrected chi connectivity index (χ1v) is 4.75. The molecule has 0 saturated heterocycles. The number of halogens is 2. The smallest absolute Gasteiger partial charge is 0.120 e. The molecule has 1 aromatic rings. The molecule has 0 spiro atoms. The molecule has 0 radical (unpaired) electrons. The van der Waals surface area contributed by atoms with Gasteiger partial charge in [-0.15, -0.1) is 11.6 Å². The Hall–Kier alpha value is -0.660. The van der Waals surface area contributed by atoms with Gasteiger partial charge >= 0.3 is 0 Å². The zero-order valence-electron chi connectivity index (χ0n) is 7.26. The van der Waals surface area contributed by atoms with Gasteiger partial charge in [0.25, 0.3) is 0 Å². The van der Waals surface area contributed by atoms with Gasteiger partial charge in [-0.25, -0.2) is 0 Å². The highest BCUT2D eigenvalue weighted by Gasteiger charge is 1.97. The van der Waals surface area contributed by atoms with E-state index in [1.807, 2.05) is 24.3 Å². The van der Waals surface area contributed by atoms with Gasteiger partial charge in [0.1, 0.15) is 5.75 Å². The van der Waals surface area contributed by atoms with E-state index in [2.05, 4.69) is 0 Å². The predicted octanol–water partition coefficient (Wildman–Crippen LogP) is 3.60. The van der Waals surface area contributed by atoms with Crippen molar-refractivity contribution in [3.63, 3.8) is 0 Å². The minimum absolute atomic E-state index is 0.488. The third-order valence-electron chi connectivity index (χ3n) is 1.59. The summed E-state index contributed by atoms with van der Waals surface area (Å²) in [7, 11) is 1.61. The van der Waals surface area contributed by atoms with E-state index >= 15 is 0 Å². The molecule has 0 aliphatic heterocycles. The lowest BCUT2D eigenvalue weighted by atomic mass is 10.2. The molecule has 0 amide bonds. The van der Waals surface area contributed by atoms with E-state index in [-0.39, 0.29) is 0 Å². The van der Waals surface area contributed by atoms with Gasteiger partial charge in [-0.1, -0.05) is 23.8 Å². The maximum Gasteiger partial charge on any atom is 0.120 e. The van der Waals surface area contributed by atoms with Crippen molar-refractivity contribution in [2.24, 2.45) is 0 Å². The number of benzene rings is 1. The number of hydrogen-bond donors (Lipinski definition) is 0. The van der Waals surface area contributed by atoms with Crippen molar-refractivity contribution in [1.82, 2.24) is 0 Å². The molecule has 1 aromatic carbocycles. The first-order valence-electron chi connectivity index (χ1n) is 3.84. The van der Waals surface area contributed by atoms with Crippen LogP contribution in [0.4, 0.5) is 0 Å². The van der Waals surface area contributed by atoms with Gasteiger partial charge in [0.15, 0.2) is 0 Å². The van der Waals surface area contributed by atoms with Crippen LogP contribution in [-0.4, -0.2) is 13.0 Å². The molecule has 3 heteroatoms. The number of allylic oxidation sites excluding steroid dienone is 1. The van der Waals surface area contributed by atoms with Crippen molar-refractivity contribution in [2.45, 2.75) is 0 Å². The molecule has 70 valence electrons. The van der Waals surface area contributed by atoms with E-state index in [1.54, 1.807) is 13.2 Å². The fraction of sp³-hybridized carbons (Fsp3) is 0.200. The van der Waals surface area contributed by atoms with Gasteiger partial charge in [0.2, 0.25) is 0 Å². The number of alkyl halides is 1. The molecule has 1 nitrogen and oxygen atoms in total. The van der Waals surface area contributed by atoms with Crippen molar-refractivity contribution in [1.29, 1.82) is 0 Å². The van der Waals surface area contributed by atoms with Crippen molar-refractivity contribution in [2.75, 3.05) is 13.0 Å². The van der Waals surface area contributed by atoms with E-state index in [9.17, 15) is 0 Å². The number of methoxy groups -OCH3 is 1. The Morgan fingerprint density at radius 3 is 2.77 bits per heavy atom. The van der Waals surface area contributed by atoms with E-state index in [4.69, 9.17) is 27.9 Å². The topological polar surface area (TPSA) is 9.23 Å². The van der Waals surface area contributed by atoms with Crippen LogP contribution in [0.3, 0.4) is 0 Å². The summed E-state index contributed by atoms with van der Waals surface area (Å²) in [5.74, 6) is 1.25. The minimum atomic E-state index is 0.488. The highest BCUT2D eigenvalue weighted by molar-refractivity contribution is 6.32. The molecule has 1 rings (SSSR count). The highest BCUT2D eigenvalue weighted by Crippen LogP contribution is 2.23.